The number of rotatable bonds is 8. The summed E-state index contributed by atoms with van der Waals surface area (Å²) >= 11 is 1.31. The molecule has 0 atom stereocenters. The number of nitrogens with zero attached hydrogens (tertiary/aromatic N) is 2. The summed E-state index contributed by atoms with van der Waals surface area (Å²) in [6.07, 6.45) is 0.533. The van der Waals surface area contributed by atoms with Crippen molar-refractivity contribution < 1.29 is 22.7 Å². The third-order valence-corrected chi connectivity index (χ3v) is 7.90. The predicted octanol–water partition coefficient (Wildman–Crippen LogP) is 3.29. The maximum absolute atomic E-state index is 12.7. The minimum atomic E-state index is -3.32. The number of anilines is 1. The minimum absolute atomic E-state index is 0.293. The predicted molar refractivity (Wildman–Crippen MR) is 117 cm³/mol. The first-order chi connectivity index (χ1) is 14.3. The molecule has 1 aliphatic rings. The molecular weight excluding hydrogens is 426 g/mol. The van der Waals surface area contributed by atoms with Gasteiger partial charge in [-0.25, -0.2) is 13.4 Å². The van der Waals surface area contributed by atoms with Crippen molar-refractivity contribution in [2.45, 2.75) is 45.9 Å². The zero-order chi connectivity index (χ0) is 21.9. The number of carbonyl (C=O) groups is 1. The van der Waals surface area contributed by atoms with Gasteiger partial charge in [0, 0.05) is 30.0 Å². The molecule has 164 valence electrons. The monoisotopic (exact) mass is 453 g/mol. The lowest BCUT2D eigenvalue weighted by atomic mass is 10.2. The van der Waals surface area contributed by atoms with E-state index >= 15 is 0 Å². The summed E-state index contributed by atoms with van der Waals surface area (Å²) < 4.78 is 37.5. The Hall–Kier alpha value is -2.17. The number of benzene rings is 1. The molecule has 1 amide bonds. The van der Waals surface area contributed by atoms with Crippen molar-refractivity contribution in [1.29, 1.82) is 0 Å². The molecule has 2 aromatic rings. The van der Waals surface area contributed by atoms with E-state index in [9.17, 15) is 13.2 Å². The average Bonchev–Trinajstić information content (AvgIpc) is 3.10. The molecule has 0 spiro atoms. The number of nitrogens with one attached hydrogen (secondary N) is 1. The average molecular weight is 454 g/mol. The van der Waals surface area contributed by atoms with E-state index in [4.69, 9.17) is 9.47 Å². The molecule has 1 aromatic heterocycles. The fourth-order valence-electron chi connectivity index (χ4n) is 3.10. The van der Waals surface area contributed by atoms with E-state index in [0.717, 1.165) is 10.6 Å². The number of fused-ring (bicyclic) bond motifs is 1. The molecule has 10 heteroatoms. The van der Waals surface area contributed by atoms with E-state index in [2.05, 4.69) is 10.3 Å². The van der Waals surface area contributed by atoms with Crippen molar-refractivity contribution >= 4 is 32.4 Å². The zero-order valence-corrected chi connectivity index (χ0v) is 19.2. The van der Waals surface area contributed by atoms with Crippen LogP contribution in [-0.4, -0.2) is 48.6 Å². The molecule has 1 aromatic carbocycles. The molecule has 0 saturated heterocycles. The second kappa shape index (κ2) is 9.32. The van der Waals surface area contributed by atoms with Crippen LogP contribution in [-0.2, 0) is 23.0 Å². The Morgan fingerprint density at radius 2 is 1.93 bits per heavy atom. The van der Waals surface area contributed by atoms with Crippen LogP contribution in [0.15, 0.2) is 18.2 Å². The topological polar surface area (TPSA) is 97.8 Å². The molecule has 30 heavy (non-hydrogen) atoms. The van der Waals surface area contributed by atoms with E-state index in [1.54, 1.807) is 32.0 Å². The Labute approximate surface area is 181 Å². The van der Waals surface area contributed by atoms with Crippen LogP contribution in [0, 0.1) is 0 Å². The van der Waals surface area contributed by atoms with Crippen molar-refractivity contribution in [2.24, 2.45) is 0 Å². The quantitative estimate of drug-likeness (QED) is 0.659. The minimum Gasteiger partial charge on any atom is -0.490 e. The number of sulfonamides is 1. The first-order valence-electron chi connectivity index (χ1n) is 9.94. The van der Waals surface area contributed by atoms with E-state index in [-0.39, 0.29) is 5.91 Å². The van der Waals surface area contributed by atoms with Gasteiger partial charge in [-0.3, -0.25) is 10.1 Å². The van der Waals surface area contributed by atoms with Gasteiger partial charge in [0.2, 0.25) is 10.0 Å². The number of thiazole rings is 1. The van der Waals surface area contributed by atoms with E-state index < -0.39 is 15.3 Å². The molecule has 2 heterocycles. The third-order valence-electron chi connectivity index (χ3n) is 4.68. The van der Waals surface area contributed by atoms with Gasteiger partial charge in [0.15, 0.2) is 16.6 Å². The van der Waals surface area contributed by atoms with E-state index in [1.807, 2.05) is 13.8 Å². The first-order valence-corrected chi connectivity index (χ1v) is 12.3. The Morgan fingerprint density at radius 3 is 2.60 bits per heavy atom. The lowest BCUT2D eigenvalue weighted by Crippen LogP contribution is -2.39. The van der Waals surface area contributed by atoms with Crippen LogP contribution in [0.4, 0.5) is 5.13 Å². The molecule has 0 unspecified atom stereocenters. The van der Waals surface area contributed by atoms with Crippen LogP contribution in [0.1, 0.15) is 48.6 Å². The fraction of sp³-hybridized carbons (Fsp3) is 0.500. The molecule has 1 N–H and O–H groups in total. The number of hydrogen-bond acceptors (Lipinski definition) is 7. The molecule has 3 rings (SSSR count). The zero-order valence-electron chi connectivity index (χ0n) is 17.6. The number of amides is 1. The number of ether oxygens (including phenoxy) is 2. The van der Waals surface area contributed by atoms with Gasteiger partial charge < -0.3 is 9.47 Å². The highest BCUT2D eigenvalue weighted by atomic mass is 32.2. The summed E-state index contributed by atoms with van der Waals surface area (Å²) in [5.74, 6) is 0.795. The highest BCUT2D eigenvalue weighted by Crippen LogP contribution is 2.32. The molecule has 0 radical (unpaired) electrons. The summed E-state index contributed by atoms with van der Waals surface area (Å²) in [5, 5.41) is 2.81. The summed E-state index contributed by atoms with van der Waals surface area (Å²) in [6.45, 7) is 8.76. The van der Waals surface area contributed by atoms with Gasteiger partial charge in [0.1, 0.15) is 0 Å². The van der Waals surface area contributed by atoms with E-state index in [1.165, 1.54) is 15.6 Å². The first kappa shape index (κ1) is 22.5. The summed E-state index contributed by atoms with van der Waals surface area (Å²) in [6, 6.07) is 5.03. The Kier molecular flexibility index (Phi) is 6.99. The van der Waals surface area contributed by atoms with Crippen molar-refractivity contribution in [3.63, 3.8) is 0 Å². The third kappa shape index (κ3) is 4.76. The highest BCUT2D eigenvalue weighted by Gasteiger charge is 2.31. The van der Waals surface area contributed by atoms with Crippen LogP contribution in [0.5, 0.6) is 11.5 Å². The number of aromatic nitrogens is 1. The normalized spacial score (nSPS) is 14.4. The van der Waals surface area contributed by atoms with Crippen molar-refractivity contribution in [3.05, 3.63) is 34.3 Å². The van der Waals surface area contributed by atoms with Crippen LogP contribution >= 0.6 is 11.3 Å². The lowest BCUT2D eigenvalue weighted by molar-refractivity contribution is 0.102. The van der Waals surface area contributed by atoms with Crippen LogP contribution in [0.3, 0.4) is 0 Å². The second-order valence-electron chi connectivity index (χ2n) is 7.05. The molecule has 8 nitrogen and oxygen atoms in total. The van der Waals surface area contributed by atoms with Crippen LogP contribution in [0.2, 0.25) is 0 Å². The SMILES string of the molecule is CCOc1ccc(C(=O)Nc2nc3c(s2)CN(S(=O)(=O)C(C)C)CC3)cc1OCC. The number of hydrogen-bond donors (Lipinski definition) is 1. The van der Waals surface area contributed by atoms with Crippen molar-refractivity contribution in [1.82, 2.24) is 9.29 Å². The lowest BCUT2D eigenvalue weighted by Gasteiger charge is -2.26. The van der Waals surface area contributed by atoms with Gasteiger partial charge in [-0.1, -0.05) is 0 Å². The highest BCUT2D eigenvalue weighted by molar-refractivity contribution is 7.89. The summed E-state index contributed by atoms with van der Waals surface area (Å²) in [5.41, 5.74) is 1.27. The standard InChI is InChI=1S/C20H27N3O5S2/c1-5-27-16-8-7-14(11-17(16)28-6-2)19(24)22-20-21-15-9-10-23(12-18(15)29-20)30(25,26)13(3)4/h7-8,11,13H,5-6,9-10,12H2,1-4H3,(H,21,22,24). The van der Waals surface area contributed by atoms with Gasteiger partial charge in [0.25, 0.3) is 5.91 Å². The van der Waals surface area contributed by atoms with Gasteiger partial charge >= 0.3 is 0 Å². The molecular formula is C20H27N3O5S2. The van der Waals surface area contributed by atoms with Crippen molar-refractivity contribution in [2.75, 3.05) is 25.1 Å². The smallest absolute Gasteiger partial charge is 0.257 e. The maximum atomic E-state index is 12.7. The summed E-state index contributed by atoms with van der Waals surface area (Å²) in [4.78, 5) is 18.1. The Balaban J connectivity index is 1.75. The molecule has 0 fully saturated rings. The molecule has 0 saturated carbocycles. The summed E-state index contributed by atoms with van der Waals surface area (Å²) in [7, 11) is -3.32. The molecule has 1 aliphatic heterocycles. The van der Waals surface area contributed by atoms with Crippen LogP contribution in [0.25, 0.3) is 0 Å². The van der Waals surface area contributed by atoms with Gasteiger partial charge in [-0.05, 0) is 45.9 Å². The van der Waals surface area contributed by atoms with Gasteiger partial charge in [-0.15, -0.1) is 11.3 Å². The van der Waals surface area contributed by atoms with Crippen molar-refractivity contribution in [3.8, 4) is 11.5 Å². The maximum Gasteiger partial charge on any atom is 0.257 e. The largest absolute Gasteiger partial charge is 0.490 e. The Bertz CT molecular complexity index is 1020. The van der Waals surface area contributed by atoms with Gasteiger partial charge in [0.05, 0.1) is 24.2 Å². The second-order valence-corrected chi connectivity index (χ2v) is 10.6. The van der Waals surface area contributed by atoms with E-state index in [0.29, 0.717) is 54.9 Å². The molecule has 0 bridgehead atoms. The number of carbonyl (C=O) groups excluding carboxylic acids is 1. The van der Waals surface area contributed by atoms with Crippen LogP contribution < -0.4 is 14.8 Å². The molecule has 0 aliphatic carbocycles. The van der Waals surface area contributed by atoms with Gasteiger partial charge in [-0.2, -0.15) is 4.31 Å². The fourth-order valence-corrected chi connectivity index (χ4v) is 5.45. The Morgan fingerprint density at radius 1 is 1.23 bits per heavy atom.